The van der Waals surface area contributed by atoms with Crippen LogP contribution >= 0.6 is 0 Å². The Bertz CT molecular complexity index is 178. The molecule has 0 saturated carbocycles. The van der Waals surface area contributed by atoms with Crippen molar-refractivity contribution in [2.24, 2.45) is 0 Å². The molecule has 1 heterocycles. The van der Waals surface area contributed by atoms with Gasteiger partial charge in [0.05, 0.1) is 13.2 Å². The second-order valence-corrected chi connectivity index (χ2v) is 4.40. The summed E-state index contributed by atoms with van der Waals surface area (Å²) in [7, 11) is 1.77. The Morgan fingerprint density at radius 3 is 3.06 bits per heavy atom. The number of rotatable bonds is 7. The summed E-state index contributed by atoms with van der Waals surface area (Å²) in [6.45, 7) is 10.1. The third-order valence-corrected chi connectivity index (χ3v) is 3.21. The summed E-state index contributed by atoms with van der Waals surface area (Å²) in [6.07, 6.45) is 1.10. The molecule has 1 aliphatic rings. The Morgan fingerprint density at radius 2 is 2.38 bits per heavy atom. The summed E-state index contributed by atoms with van der Waals surface area (Å²) in [5.41, 5.74) is 0. The Hall–Kier alpha value is -0.160. The van der Waals surface area contributed by atoms with Crippen LogP contribution in [0, 0.1) is 0 Å². The van der Waals surface area contributed by atoms with Gasteiger partial charge in [0.2, 0.25) is 0 Å². The molecule has 1 rings (SSSR count). The number of likely N-dealkylation sites (N-methyl/N-ethyl adjacent to an activating group) is 1. The summed E-state index contributed by atoms with van der Waals surface area (Å²) in [6, 6.07) is 1.09. The van der Waals surface area contributed by atoms with E-state index in [-0.39, 0.29) is 0 Å². The van der Waals surface area contributed by atoms with E-state index in [0.29, 0.717) is 12.1 Å². The Morgan fingerprint density at radius 1 is 1.56 bits per heavy atom. The minimum absolute atomic E-state index is 0.514. The molecule has 4 heteroatoms. The number of nitrogens with zero attached hydrogens (tertiary/aromatic N) is 1. The molecule has 2 atom stereocenters. The first-order chi connectivity index (χ1) is 7.79. The van der Waals surface area contributed by atoms with E-state index in [1.165, 1.54) is 0 Å². The van der Waals surface area contributed by atoms with Crippen LogP contribution in [0.2, 0.25) is 0 Å². The van der Waals surface area contributed by atoms with Crippen LogP contribution < -0.4 is 5.32 Å². The molecule has 0 bridgehead atoms. The lowest BCUT2D eigenvalue weighted by Crippen LogP contribution is -2.53. The molecule has 1 N–H and O–H groups in total. The van der Waals surface area contributed by atoms with Crippen LogP contribution in [-0.4, -0.2) is 63.5 Å². The van der Waals surface area contributed by atoms with Gasteiger partial charge in [0.15, 0.2) is 0 Å². The van der Waals surface area contributed by atoms with Crippen molar-refractivity contribution >= 4 is 0 Å². The van der Waals surface area contributed by atoms with E-state index in [1.807, 2.05) is 0 Å². The quantitative estimate of drug-likeness (QED) is 0.699. The van der Waals surface area contributed by atoms with Gasteiger partial charge in [0, 0.05) is 38.9 Å². The molecule has 1 saturated heterocycles. The largest absolute Gasteiger partial charge is 0.385 e. The van der Waals surface area contributed by atoms with Crippen molar-refractivity contribution < 1.29 is 9.47 Å². The molecule has 0 aromatic carbocycles. The minimum atomic E-state index is 0.514. The standard InChI is InChI=1S/C12H26N2O2/c1-4-13-9-12-10-16-8-6-14(12)11(2)5-7-15-3/h11-13H,4-10H2,1-3H3. The lowest BCUT2D eigenvalue weighted by molar-refractivity contribution is -0.0295. The summed E-state index contributed by atoms with van der Waals surface area (Å²) < 4.78 is 10.7. The highest BCUT2D eigenvalue weighted by atomic mass is 16.5. The van der Waals surface area contributed by atoms with Crippen molar-refractivity contribution in [1.82, 2.24) is 10.2 Å². The zero-order valence-corrected chi connectivity index (χ0v) is 10.9. The van der Waals surface area contributed by atoms with E-state index in [1.54, 1.807) is 7.11 Å². The van der Waals surface area contributed by atoms with E-state index < -0.39 is 0 Å². The monoisotopic (exact) mass is 230 g/mol. The normalized spacial score (nSPS) is 24.6. The lowest BCUT2D eigenvalue weighted by Gasteiger charge is -2.39. The molecular formula is C12H26N2O2. The summed E-state index contributed by atoms with van der Waals surface area (Å²) in [4.78, 5) is 2.55. The second-order valence-electron chi connectivity index (χ2n) is 4.40. The van der Waals surface area contributed by atoms with E-state index >= 15 is 0 Å². The van der Waals surface area contributed by atoms with Gasteiger partial charge in [-0.15, -0.1) is 0 Å². The summed E-state index contributed by atoms with van der Waals surface area (Å²) in [5.74, 6) is 0. The molecule has 0 aromatic heterocycles. The van der Waals surface area contributed by atoms with Gasteiger partial charge in [-0.1, -0.05) is 6.92 Å². The maximum Gasteiger partial charge on any atom is 0.0634 e. The molecular weight excluding hydrogens is 204 g/mol. The Labute approximate surface area is 99.3 Å². The molecule has 0 radical (unpaired) electrons. The summed E-state index contributed by atoms with van der Waals surface area (Å²) in [5, 5.41) is 3.41. The molecule has 4 nitrogen and oxygen atoms in total. The van der Waals surface area contributed by atoms with Gasteiger partial charge >= 0.3 is 0 Å². The van der Waals surface area contributed by atoms with Crippen LogP contribution in [-0.2, 0) is 9.47 Å². The van der Waals surface area contributed by atoms with E-state index in [4.69, 9.17) is 9.47 Å². The first kappa shape index (κ1) is 13.9. The van der Waals surface area contributed by atoms with Crippen molar-refractivity contribution in [2.75, 3.05) is 46.6 Å². The Balaban J connectivity index is 2.38. The SMILES string of the molecule is CCNCC1COCCN1C(C)CCOC. The molecule has 2 unspecified atom stereocenters. The number of methoxy groups -OCH3 is 1. The molecule has 0 spiro atoms. The van der Waals surface area contributed by atoms with Crippen LogP contribution in [0.4, 0.5) is 0 Å². The average Bonchev–Trinajstić information content (AvgIpc) is 2.33. The fourth-order valence-corrected chi connectivity index (χ4v) is 2.19. The molecule has 16 heavy (non-hydrogen) atoms. The minimum Gasteiger partial charge on any atom is -0.385 e. The van der Waals surface area contributed by atoms with Gasteiger partial charge in [-0.2, -0.15) is 0 Å². The van der Waals surface area contributed by atoms with E-state index in [0.717, 1.165) is 45.9 Å². The van der Waals surface area contributed by atoms with Crippen molar-refractivity contribution in [3.8, 4) is 0 Å². The van der Waals surface area contributed by atoms with Gasteiger partial charge in [-0.25, -0.2) is 0 Å². The number of morpholine rings is 1. The van der Waals surface area contributed by atoms with Crippen LogP contribution in [0.3, 0.4) is 0 Å². The van der Waals surface area contributed by atoms with Crippen molar-refractivity contribution in [3.63, 3.8) is 0 Å². The van der Waals surface area contributed by atoms with Gasteiger partial charge in [0.1, 0.15) is 0 Å². The van der Waals surface area contributed by atoms with Crippen LogP contribution in [0.15, 0.2) is 0 Å². The predicted octanol–water partition coefficient (Wildman–Crippen LogP) is 0.722. The number of hydrogen-bond donors (Lipinski definition) is 1. The van der Waals surface area contributed by atoms with Crippen molar-refractivity contribution in [3.05, 3.63) is 0 Å². The van der Waals surface area contributed by atoms with Crippen LogP contribution in [0.5, 0.6) is 0 Å². The fourth-order valence-electron chi connectivity index (χ4n) is 2.19. The van der Waals surface area contributed by atoms with Gasteiger partial charge in [-0.05, 0) is 19.9 Å². The third kappa shape index (κ3) is 4.37. The molecule has 0 amide bonds. The van der Waals surface area contributed by atoms with E-state index in [9.17, 15) is 0 Å². The van der Waals surface area contributed by atoms with E-state index in [2.05, 4.69) is 24.1 Å². The number of nitrogens with one attached hydrogen (secondary N) is 1. The molecule has 1 aliphatic heterocycles. The van der Waals surface area contributed by atoms with Gasteiger partial charge in [0.25, 0.3) is 0 Å². The number of ether oxygens (including phenoxy) is 2. The zero-order valence-electron chi connectivity index (χ0n) is 10.9. The second kappa shape index (κ2) is 8.01. The first-order valence-corrected chi connectivity index (χ1v) is 6.32. The highest BCUT2D eigenvalue weighted by Gasteiger charge is 2.26. The first-order valence-electron chi connectivity index (χ1n) is 6.32. The third-order valence-electron chi connectivity index (χ3n) is 3.21. The molecule has 0 aromatic rings. The lowest BCUT2D eigenvalue weighted by atomic mass is 10.1. The summed E-state index contributed by atoms with van der Waals surface area (Å²) >= 11 is 0. The average molecular weight is 230 g/mol. The van der Waals surface area contributed by atoms with Crippen molar-refractivity contribution in [2.45, 2.75) is 32.4 Å². The topological polar surface area (TPSA) is 33.7 Å². The maximum absolute atomic E-state index is 5.55. The molecule has 0 aliphatic carbocycles. The highest BCUT2D eigenvalue weighted by molar-refractivity contribution is 4.81. The van der Waals surface area contributed by atoms with Gasteiger partial charge < -0.3 is 14.8 Å². The fraction of sp³-hybridized carbons (Fsp3) is 1.00. The highest BCUT2D eigenvalue weighted by Crippen LogP contribution is 2.13. The smallest absolute Gasteiger partial charge is 0.0634 e. The molecule has 96 valence electrons. The van der Waals surface area contributed by atoms with Crippen molar-refractivity contribution in [1.29, 1.82) is 0 Å². The molecule has 1 fully saturated rings. The van der Waals surface area contributed by atoms with Crippen LogP contribution in [0.1, 0.15) is 20.3 Å². The maximum atomic E-state index is 5.55. The Kier molecular flexibility index (Phi) is 6.96. The predicted molar refractivity (Wildman–Crippen MR) is 65.8 cm³/mol. The number of hydrogen-bond acceptors (Lipinski definition) is 4. The van der Waals surface area contributed by atoms with Crippen LogP contribution in [0.25, 0.3) is 0 Å². The zero-order chi connectivity index (χ0) is 11.8. The van der Waals surface area contributed by atoms with Gasteiger partial charge in [-0.3, -0.25) is 4.90 Å².